The number of ether oxygens (including phenoxy) is 1. The predicted molar refractivity (Wildman–Crippen MR) is 103 cm³/mol. The van der Waals surface area contributed by atoms with Crippen molar-refractivity contribution >= 4 is 23.2 Å². The summed E-state index contributed by atoms with van der Waals surface area (Å²) in [6.45, 7) is 0.355. The highest BCUT2D eigenvalue weighted by Gasteiger charge is 2.21. The molecular weight excluding hydrogens is 364 g/mol. The Bertz CT molecular complexity index is 992. The van der Waals surface area contributed by atoms with Crippen LogP contribution in [-0.2, 0) is 17.8 Å². The number of halogens is 1. The van der Waals surface area contributed by atoms with Crippen LogP contribution < -0.4 is 9.64 Å². The molecule has 1 amide bonds. The Morgan fingerprint density at radius 2 is 1.89 bits per heavy atom. The predicted octanol–water partition coefficient (Wildman–Crippen LogP) is 3.68. The molecule has 1 aliphatic heterocycles. The van der Waals surface area contributed by atoms with E-state index in [1.165, 1.54) is 18.0 Å². The summed E-state index contributed by atoms with van der Waals surface area (Å²) < 4.78 is 5.69. The van der Waals surface area contributed by atoms with Gasteiger partial charge < -0.3 is 9.64 Å². The fraction of sp³-hybridized carbons (Fsp3) is 0.200. The Balaban J connectivity index is 1.54. The van der Waals surface area contributed by atoms with Gasteiger partial charge in [-0.25, -0.2) is 9.97 Å². The van der Waals surface area contributed by atoms with Crippen molar-refractivity contribution in [3.8, 4) is 16.9 Å². The van der Waals surface area contributed by atoms with Crippen molar-refractivity contribution in [2.45, 2.75) is 19.4 Å². The number of hydrogen-bond acceptors (Lipinski definition) is 5. The lowest BCUT2D eigenvalue weighted by molar-refractivity contribution is -0.118. The number of rotatable bonds is 4. The van der Waals surface area contributed by atoms with Crippen LogP contribution in [0.15, 0.2) is 49.1 Å². The van der Waals surface area contributed by atoms with Crippen molar-refractivity contribution in [1.29, 1.82) is 0 Å². The summed E-state index contributed by atoms with van der Waals surface area (Å²) in [5, 5.41) is 0.186. The van der Waals surface area contributed by atoms with Crippen LogP contribution in [0.3, 0.4) is 0 Å². The fourth-order valence-electron chi connectivity index (χ4n) is 3.10. The number of aromatic nitrogens is 3. The van der Waals surface area contributed by atoms with Crippen molar-refractivity contribution in [2.24, 2.45) is 0 Å². The molecule has 3 aromatic rings. The lowest BCUT2D eigenvalue weighted by Gasteiger charge is -2.26. The average Bonchev–Trinajstić information content (AvgIpc) is 2.70. The average molecular weight is 381 g/mol. The maximum atomic E-state index is 11.8. The molecule has 136 valence electrons. The quantitative estimate of drug-likeness (QED) is 0.646. The van der Waals surface area contributed by atoms with Crippen LogP contribution in [0.25, 0.3) is 11.1 Å². The van der Waals surface area contributed by atoms with Crippen molar-refractivity contribution in [3.63, 3.8) is 0 Å². The summed E-state index contributed by atoms with van der Waals surface area (Å²) in [6.07, 6.45) is 7.97. The van der Waals surface area contributed by atoms with Gasteiger partial charge in [0.2, 0.25) is 11.2 Å². The number of aryl methyl sites for hydroxylation is 1. The summed E-state index contributed by atoms with van der Waals surface area (Å²) in [7, 11) is 1.82. The van der Waals surface area contributed by atoms with Crippen LogP contribution in [-0.4, -0.2) is 27.9 Å². The minimum atomic E-state index is 0.155. The Labute approximate surface area is 161 Å². The molecule has 2 aromatic heterocycles. The van der Waals surface area contributed by atoms with Gasteiger partial charge in [-0.1, -0.05) is 6.07 Å². The van der Waals surface area contributed by atoms with E-state index in [1.807, 2.05) is 31.4 Å². The lowest BCUT2D eigenvalue weighted by atomic mass is 9.96. The SMILES string of the molecule is CN1C(=O)CCc2cc(-c3cncc(COc4cnc(Cl)nc4)c3)ccc21. The molecule has 0 fully saturated rings. The number of pyridine rings is 1. The first kappa shape index (κ1) is 17.4. The molecule has 0 N–H and O–H groups in total. The zero-order chi connectivity index (χ0) is 18.8. The van der Waals surface area contributed by atoms with Crippen LogP contribution in [0.5, 0.6) is 5.75 Å². The van der Waals surface area contributed by atoms with Gasteiger partial charge in [-0.15, -0.1) is 0 Å². The first-order valence-electron chi connectivity index (χ1n) is 8.54. The van der Waals surface area contributed by atoms with Crippen LogP contribution in [0, 0.1) is 0 Å². The van der Waals surface area contributed by atoms with Gasteiger partial charge in [0.1, 0.15) is 6.61 Å². The van der Waals surface area contributed by atoms with Crippen molar-refractivity contribution in [1.82, 2.24) is 15.0 Å². The maximum Gasteiger partial charge on any atom is 0.227 e. The Kier molecular flexibility index (Phi) is 4.73. The monoisotopic (exact) mass is 380 g/mol. The van der Waals surface area contributed by atoms with E-state index in [-0.39, 0.29) is 11.2 Å². The lowest BCUT2D eigenvalue weighted by Crippen LogP contribution is -2.30. The summed E-state index contributed by atoms with van der Waals surface area (Å²) in [5.74, 6) is 0.702. The van der Waals surface area contributed by atoms with Gasteiger partial charge >= 0.3 is 0 Å². The molecule has 0 saturated carbocycles. The molecule has 0 saturated heterocycles. The zero-order valence-corrected chi connectivity index (χ0v) is 15.5. The van der Waals surface area contributed by atoms with Crippen LogP contribution in [0.4, 0.5) is 5.69 Å². The molecule has 6 nitrogen and oxygen atoms in total. The summed E-state index contributed by atoms with van der Waals surface area (Å²) >= 11 is 5.68. The van der Waals surface area contributed by atoms with Crippen molar-refractivity contribution < 1.29 is 9.53 Å². The second-order valence-corrected chi connectivity index (χ2v) is 6.69. The molecule has 1 aromatic carbocycles. The molecule has 27 heavy (non-hydrogen) atoms. The molecule has 0 unspecified atom stereocenters. The Morgan fingerprint density at radius 1 is 1.07 bits per heavy atom. The largest absolute Gasteiger partial charge is 0.486 e. The molecule has 1 aliphatic rings. The molecule has 0 aliphatic carbocycles. The van der Waals surface area contributed by atoms with E-state index >= 15 is 0 Å². The second kappa shape index (κ2) is 7.32. The van der Waals surface area contributed by atoms with E-state index in [9.17, 15) is 4.79 Å². The van der Waals surface area contributed by atoms with E-state index < -0.39 is 0 Å². The molecule has 0 atom stereocenters. The van der Waals surface area contributed by atoms with E-state index in [2.05, 4.69) is 21.0 Å². The third kappa shape index (κ3) is 3.75. The second-order valence-electron chi connectivity index (χ2n) is 6.35. The highest BCUT2D eigenvalue weighted by atomic mass is 35.5. The van der Waals surface area contributed by atoms with Gasteiger partial charge in [0.25, 0.3) is 0 Å². The van der Waals surface area contributed by atoms with Gasteiger partial charge in [-0.2, -0.15) is 0 Å². The Morgan fingerprint density at radius 3 is 2.70 bits per heavy atom. The first-order valence-corrected chi connectivity index (χ1v) is 8.92. The molecule has 7 heteroatoms. The standard InChI is InChI=1S/C20H17ClN4O2/c1-25-18-4-2-14(7-15(18)3-5-19(25)26)16-6-13(8-22-9-16)12-27-17-10-23-20(21)24-11-17/h2,4,6-11H,3,5,12H2,1H3. The zero-order valence-electron chi connectivity index (χ0n) is 14.7. The first-order chi connectivity index (χ1) is 13.1. The van der Waals surface area contributed by atoms with Crippen LogP contribution >= 0.6 is 11.6 Å². The van der Waals surface area contributed by atoms with Gasteiger partial charge in [0.05, 0.1) is 12.4 Å². The number of nitrogens with zero attached hydrogens (tertiary/aromatic N) is 4. The number of carbonyl (C=O) groups is 1. The van der Waals surface area contributed by atoms with Gasteiger partial charge in [-0.05, 0) is 47.3 Å². The highest BCUT2D eigenvalue weighted by molar-refractivity contribution is 6.28. The number of amides is 1. The van der Waals surface area contributed by atoms with Gasteiger partial charge in [-0.3, -0.25) is 9.78 Å². The normalized spacial score (nSPS) is 13.4. The molecule has 0 bridgehead atoms. The number of anilines is 1. The number of carbonyl (C=O) groups excluding carboxylic acids is 1. The van der Waals surface area contributed by atoms with E-state index in [0.717, 1.165) is 28.8 Å². The minimum absolute atomic E-state index is 0.155. The van der Waals surface area contributed by atoms with Crippen LogP contribution in [0.1, 0.15) is 17.5 Å². The summed E-state index contributed by atoms with van der Waals surface area (Å²) in [5.41, 5.74) is 5.17. The van der Waals surface area contributed by atoms with Crippen LogP contribution in [0.2, 0.25) is 5.28 Å². The number of benzene rings is 1. The molecular formula is C20H17ClN4O2. The van der Waals surface area contributed by atoms with Gasteiger partial charge in [0, 0.05) is 42.7 Å². The van der Waals surface area contributed by atoms with Crippen molar-refractivity contribution in [3.05, 3.63) is 65.5 Å². The van der Waals surface area contributed by atoms with E-state index in [1.54, 1.807) is 11.1 Å². The third-order valence-corrected chi connectivity index (χ3v) is 4.75. The molecule has 4 rings (SSSR count). The number of hydrogen-bond donors (Lipinski definition) is 0. The van der Waals surface area contributed by atoms with Crippen molar-refractivity contribution in [2.75, 3.05) is 11.9 Å². The topological polar surface area (TPSA) is 68.2 Å². The maximum absolute atomic E-state index is 11.8. The summed E-state index contributed by atoms with van der Waals surface area (Å²) in [6, 6.07) is 8.19. The highest BCUT2D eigenvalue weighted by Crippen LogP contribution is 2.31. The summed E-state index contributed by atoms with van der Waals surface area (Å²) in [4.78, 5) is 25.7. The van der Waals surface area contributed by atoms with E-state index in [0.29, 0.717) is 18.8 Å². The fourth-order valence-corrected chi connectivity index (χ4v) is 3.20. The molecule has 0 spiro atoms. The smallest absolute Gasteiger partial charge is 0.227 e. The van der Waals surface area contributed by atoms with E-state index in [4.69, 9.17) is 16.3 Å². The molecule has 0 radical (unpaired) electrons. The van der Waals surface area contributed by atoms with Gasteiger partial charge in [0.15, 0.2) is 5.75 Å². The third-order valence-electron chi connectivity index (χ3n) is 4.55. The Hall–Kier alpha value is -2.99. The number of fused-ring (bicyclic) bond motifs is 1. The minimum Gasteiger partial charge on any atom is -0.486 e. The molecule has 3 heterocycles.